The topological polar surface area (TPSA) is 35.2 Å². The summed E-state index contributed by atoms with van der Waals surface area (Å²) in [4.78, 5) is 0. The van der Waals surface area contributed by atoms with Gasteiger partial charge in [0.15, 0.2) is 0 Å². The first-order valence-electron chi connectivity index (χ1n) is 4.15. The molecule has 0 aromatic heterocycles. The van der Waals surface area contributed by atoms with E-state index in [9.17, 15) is 13.2 Å². The van der Waals surface area contributed by atoms with Crippen LogP contribution in [0.2, 0.25) is 0 Å². The van der Waals surface area contributed by atoms with Gasteiger partial charge in [-0.25, -0.2) is 0 Å². The third-order valence-corrected chi connectivity index (χ3v) is 2.12. The van der Waals surface area contributed by atoms with E-state index in [0.29, 0.717) is 4.47 Å². The SMILES string of the molecule is NCCOc1cc(Br)ccc1C(F)(F)F. The maximum atomic E-state index is 12.5. The van der Waals surface area contributed by atoms with Gasteiger partial charge in [0, 0.05) is 11.0 Å². The van der Waals surface area contributed by atoms with E-state index in [0.717, 1.165) is 6.07 Å². The van der Waals surface area contributed by atoms with Gasteiger partial charge in [0.05, 0.1) is 5.56 Å². The zero-order chi connectivity index (χ0) is 11.5. The van der Waals surface area contributed by atoms with Gasteiger partial charge >= 0.3 is 6.18 Å². The minimum atomic E-state index is -4.41. The van der Waals surface area contributed by atoms with Gasteiger partial charge in [0.2, 0.25) is 0 Å². The van der Waals surface area contributed by atoms with Crippen LogP contribution in [0.5, 0.6) is 5.75 Å². The Bertz CT molecular complexity index is 341. The van der Waals surface area contributed by atoms with E-state index in [2.05, 4.69) is 15.9 Å². The molecule has 1 aromatic carbocycles. The predicted octanol–water partition coefficient (Wildman–Crippen LogP) is 2.81. The van der Waals surface area contributed by atoms with Crippen molar-refractivity contribution < 1.29 is 17.9 Å². The van der Waals surface area contributed by atoms with Crippen molar-refractivity contribution in [2.45, 2.75) is 6.18 Å². The van der Waals surface area contributed by atoms with Crippen LogP contribution in [0.15, 0.2) is 22.7 Å². The molecular weight excluding hydrogens is 275 g/mol. The Hall–Kier alpha value is -0.750. The molecule has 0 fully saturated rings. The number of ether oxygens (including phenoxy) is 1. The number of rotatable bonds is 3. The molecule has 0 aliphatic heterocycles. The summed E-state index contributed by atoms with van der Waals surface area (Å²) >= 11 is 3.08. The van der Waals surface area contributed by atoms with Crippen molar-refractivity contribution in [2.75, 3.05) is 13.2 Å². The van der Waals surface area contributed by atoms with Crippen LogP contribution < -0.4 is 10.5 Å². The second-order valence-electron chi connectivity index (χ2n) is 2.78. The van der Waals surface area contributed by atoms with Gasteiger partial charge in [-0.2, -0.15) is 13.2 Å². The number of hydrogen-bond acceptors (Lipinski definition) is 2. The second-order valence-corrected chi connectivity index (χ2v) is 3.69. The maximum Gasteiger partial charge on any atom is 0.419 e. The summed E-state index contributed by atoms with van der Waals surface area (Å²) in [5.74, 6) is -0.206. The monoisotopic (exact) mass is 283 g/mol. The highest BCUT2D eigenvalue weighted by atomic mass is 79.9. The van der Waals surface area contributed by atoms with Crippen molar-refractivity contribution >= 4 is 15.9 Å². The Morgan fingerprint density at radius 2 is 2.00 bits per heavy atom. The first-order valence-corrected chi connectivity index (χ1v) is 4.94. The van der Waals surface area contributed by atoms with E-state index in [4.69, 9.17) is 10.5 Å². The minimum absolute atomic E-state index is 0.0551. The van der Waals surface area contributed by atoms with Crippen molar-refractivity contribution in [3.05, 3.63) is 28.2 Å². The average molecular weight is 284 g/mol. The third-order valence-electron chi connectivity index (χ3n) is 1.62. The van der Waals surface area contributed by atoms with Gasteiger partial charge in [0.25, 0.3) is 0 Å². The van der Waals surface area contributed by atoms with Gasteiger partial charge in [-0.15, -0.1) is 0 Å². The fourth-order valence-electron chi connectivity index (χ4n) is 1.02. The van der Waals surface area contributed by atoms with Crippen LogP contribution in [0.4, 0.5) is 13.2 Å². The maximum absolute atomic E-state index is 12.5. The molecule has 0 saturated carbocycles. The smallest absolute Gasteiger partial charge is 0.419 e. The molecular formula is C9H9BrF3NO. The fourth-order valence-corrected chi connectivity index (χ4v) is 1.36. The largest absolute Gasteiger partial charge is 0.492 e. The normalized spacial score (nSPS) is 11.5. The summed E-state index contributed by atoms with van der Waals surface area (Å²) in [5, 5.41) is 0. The van der Waals surface area contributed by atoms with E-state index in [1.165, 1.54) is 12.1 Å². The third kappa shape index (κ3) is 3.39. The second kappa shape index (κ2) is 4.85. The van der Waals surface area contributed by atoms with E-state index < -0.39 is 11.7 Å². The molecule has 1 rings (SSSR count). The highest BCUT2D eigenvalue weighted by Gasteiger charge is 2.34. The summed E-state index contributed by atoms with van der Waals surface area (Å²) in [6.45, 7) is 0.226. The molecule has 84 valence electrons. The van der Waals surface area contributed by atoms with Crippen LogP contribution in [-0.2, 0) is 6.18 Å². The fraction of sp³-hybridized carbons (Fsp3) is 0.333. The van der Waals surface area contributed by atoms with Gasteiger partial charge in [-0.3, -0.25) is 0 Å². The Kier molecular flexibility index (Phi) is 3.98. The Morgan fingerprint density at radius 1 is 1.33 bits per heavy atom. The lowest BCUT2D eigenvalue weighted by Crippen LogP contribution is -2.14. The number of halogens is 4. The summed E-state index contributed by atoms with van der Waals surface area (Å²) in [5.41, 5.74) is 4.36. The Labute approximate surface area is 93.3 Å². The molecule has 0 unspecified atom stereocenters. The minimum Gasteiger partial charge on any atom is -0.492 e. The molecule has 0 bridgehead atoms. The van der Waals surface area contributed by atoms with Crippen LogP contribution in [-0.4, -0.2) is 13.2 Å². The number of alkyl halides is 3. The number of nitrogens with two attached hydrogens (primary N) is 1. The molecule has 0 aliphatic carbocycles. The van der Waals surface area contributed by atoms with Crippen molar-refractivity contribution in [3.8, 4) is 5.75 Å². The molecule has 1 aromatic rings. The Morgan fingerprint density at radius 3 is 2.53 bits per heavy atom. The van der Waals surface area contributed by atoms with Crippen LogP contribution in [0.1, 0.15) is 5.56 Å². The summed E-state index contributed by atoms with van der Waals surface area (Å²) in [7, 11) is 0. The summed E-state index contributed by atoms with van der Waals surface area (Å²) in [6.07, 6.45) is -4.41. The first-order chi connectivity index (χ1) is 6.95. The quantitative estimate of drug-likeness (QED) is 0.926. The Balaban J connectivity index is 3.03. The molecule has 0 saturated heterocycles. The summed E-state index contributed by atoms with van der Waals surface area (Å²) < 4.78 is 42.9. The zero-order valence-electron chi connectivity index (χ0n) is 7.64. The molecule has 0 atom stereocenters. The highest BCUT2D eigenvalue weighted by Crippen LogP contribution is 2.37. The molecule has 2 N–H and O–H groups in total. The summed E-state index contributed by atoms with van der Waals surface area (Å²) in [6, 6.07) is 3.56. The standard InChI is InChI=1S/C9H9BrF3NO/c10-6-1-2-7(9(11,12)13)8(5-6)15-4-3-14/h1-2,5H,3-4,14H2. The van der Waals surface area contributed by atoms with Crippen LogP contribution in [0.25, 0.3) is 0 Å². The van der Waals surface area contributed by atoms with Gasteiger partial charge < -0.3 is 10.5 Å². The molecule has 0 aliphatic rings. The first kappa shape index (κ1) is 12.3. The molecule has 15 heavy (non-hydrogen) atoms. The van der Waals surface area contributed by atoms with Gasteiger partial charge in [0.1, 0.15) is 12.4 Å². The van der Waals surface area contributed by atoms with Crippen LogP contribution in [0.3, 0.4) is 0 Å². The zero-order valence-corrected chi connectivity index (χ0v) is 9.23. The van der Waals surface area contributed by atoms with E-state index in [1.54, 1.807) is 0 Å². The van der Waals surface area contributed by atoms with E-state index in [1.807, 2.05) is 0 Å². The molecule has 0 heterocycles. The average Bonchev–Trinajstić information content (AvgIpc) is 2.12. The lowest BCUT2D eigenvalue weighted by atomic mass is 10.2. The van der Waals surface area contributed by atoms with Crippen LogP contribution >= 0.6 is 15.9 Å². The van der Waals surface area contributed by atoms with Crippen molar-refractivity contribution in [3.63, 3.8) is 0 Å². The molecule has 0 amide bonds. The van der Waals surface area contributed by atoms with E-state index >= 15 is 0 Å². The van der Waals surface area contributed by atoms with Gasteiger partial charge in [-0.1, -0.05) is 15.9 Å². The van der Waals surface area contributed by atoms with E-state index in [-0.39, 0.29) is 18.9 Å². The lowest BCUT2D eigenvalue weighted by molar-refractivity contribution is -0.138. The number of benzene rings is 1. The highest BCUT2D eigenvalue weighted by molar-refractivity contribution is 9.10. The van der Waals surface area contributed by atoms with Crippen molar-refractivity contribution in [1.82, 2.24) is 0 Å². The lowest BCUT2D eigenvalue weighted by Gasteiger charge is -2.13. The van der Waals surface area contributed by atoms with Crippen LogP contribution in [0, 0.1) is 0 Å². The molecule has 0 radical (unpaired) electrons. The predicted molar refractivity (Wildman–Crippen MR) is 53.7 cm³/mol. The van der Waals surface area contributed by atoms with Crippen molar-refractivity contribution in [2.24, 2.45) is 5.73 Å². The molecule has 6 heteroatoms. The number of hydrogen-bond donors (Lipinski definition) is 1. The molecule has 2 nitrogen and oxygen atoms in total. The molecule has 0 spiro atoms. The van der Waals surface area contributed by atoms with Gasteiger partial charge in [-0.05, 0) is 18.2 Å². The van der Waals surface area contributed by atoms with Crippen molar-refractivity contribution in [1.29, 1.82) is 0 Å².